The molecule has 0 bridgehead atoms. The van der Waals surface area contributed by atoms with Crippen molar-refractivity contribution in [2.24, 2.45) is 0 Å². The maximum Gasteiger partial charge on any atom is 0.336 e. The van der Waals surface area contributed by atoms with Crippen molar-refractivity contribution in [2.75, 3.05) is 13.7 Å². The first-order chi connectivity index (χ1) is 16.1. The average Bonchev–Trinajstić information content (AvgIpc) is 3.54. The number of nitrogens with zero attached hydrogens (tertiary/aromatic N) is 4. The van der Waals surface area contributed by atoms with Crippen molar-refractivity contribution < 1.29 is 14.6 Å². The van der Waals surface area contributed by atoms with Crippen LogP contribution in [0.15, 0.2) is 55.2 Å². The highest BCUT2D eigenvalue weighted by atomic mass is 16.5. The number of fused-ring (bicyclic) bond motifs is 1. The zero-order chi connectivity index (χ0) is 22.9. The molecule has 33 heavy (non-hydrogen) atoms. The van der Waals surface area contributed by atoms with E-state index in [0.29, 0.717) is 12.1 Å². The summed E-state index contributed by atoms with van der Waals surface area (Å²) in [6.07, 6.45) is 6.89. The summed E-state index contributed by atoms with van der Waals surface area (Å²) >= 11 is 0. The fourth-order valence-corrected chi connectivity index (χ4v) is 5.12. The summed E-state index contributed by atoms with van der Waals surface area (Å²) in [7, 11) is 1.70. The Balaban J connectivity index is 1.57. The standard InChI is InChI=1S/C25H27N5O3/c1-16-11-23(33-2)21(19-7-9-27-24(16)19)13-29-10-8-17(30-15-26-14-28-30)12-22(29)18-5-3-4-6-20(18)25(31)32/h3-7,9,11,14-15,17,22,27H,8,10,12-13H2,1-2H3,(H,31,32)/t17-,22-/m0/s1. The van der Waals surface area contributed by atoms with Gasteiger partial charge in [0.25, 0.3) is 0 Å². The molecule has 0 saturated carbocycles. The van der Waals surface area contributed by atoms with Gasteiger partial charge in [0.1, 0.15) is 18.4 Å². The van der Waals surface area contributed by atoms with Gasteiger partial charge in [-0.1, -0.05) is 18.2 Å². The van der Waals surface area contributed by atoms with Gasteiger partial charge in [-0.25, -0.2) is 14.5 Å². The van der Waals surface area contributed by atoms with Crippen LogP contribution in [0.4, 0.5) is 0 Å². The van der Waals surface area contributed by atoms with E-state index in [9.17, 15) is 9.90 Å². The van der Waals surface area contributed by atoms with E-state index in [4.69, 9.17) is 4.74 Å². The fourth-order valence-electron chi connectivity index (χ4n) is 5.12. The summed E-state index contributed by atoms with van der Waals surface area (Å²) in [6, 6.07) is 11.5. The van der Waals surface area contributed by atoms with Crippen LogP contribution >= 0.6 is 0 Å². The van der Waals surface area contributed by atoms with Crippen molar-refractivity contribution in [3.05, 3.63) is 77.5 Å². The number of ether oxygens (including phenoxy) is 1. The number of rotatable bonds is 6. The second-order valence-corrected chi connectivity index (χ2v) is 8.57. The molecule has 0 radical (unpaired) electrons. The van der Waals surface area contributed by atoms with Gasteiger partial charge < -0.3 is 14.8 Å². The molecule has 0 spiro atoms. The van der Waals surface area contributed by atoms with Crippen LogP contribution in [0.5, 0.6) is 5.75 Å². The van der Waals surface area contributed by atoms with E-state index in [2.05, 4.69) is 39.0 Å². The lowest BCUT2D eigenvalue weighted by Crippen LogP contribution is -2.38. The molecule has 2 aromatic heterocycles. The lowest BCUT2D eigenvalue weighted by molar-refractivity contribution is 0.0682. The SMILES string of the molecule is COc1cc(C)c2[nH]ccc2c1CN1CC[C@H](n2cncn2)C[C@H]1c1ccccc1C(=O)O. The molecule has 5 rings (SSSR count). The van der Waals surface area contributed by atoms with Crippen molar-refractivity contribution in [1.82, 2.24) is 24.6 Å². The first-order valence-electron chi connectivity index (χ1n) is 11.1. The summed E-state index contributed by atoms with van der Waals surface area (Å²) in [6.45, 7) is 3.52. The smallest absolute Gasteiger partial charge is 0.336 e. The molecule has 0 unspecified atom stereocenters. The Morgan fingerprint density at radius 2 is 2.15 bits per heavy atom. The van der Waals surface area contributed by atoms with Crippen molar-refractivity contribution in [1.29, 1.82) is 0 Å². The number of carbonyl (C=O) groups is 1. The Morgan fingerprint density at radius 3 is 2.91 bits per heavy atom. The largest absolute Gasteiger partial charge is 0.496 e. The van der Waals surface area contributed by atoms with Gasteiger partial charge in [-0.05, 0) is 49.1 Å². The maximum absolute atomic E-state index is 12.0. The van der Waals surface area contributed by atoms with Crippen LogP contribution < -0.4 is 4.74 Å². The zero-order valence-corrected chi connectivity index (χ0v) is 18.7. The molecule has 0 aliphatic carbocycles. The third-order valence-corrected chi connectivity index (χ3v) is 6.74. The fraction of sp³-hybridized carbons (Fsp3) is 0.320. The highest BCUT2D eigenvalue weighted by Crippen LogP contribution is 2.41. The molecule has 0 amide bonds. The number of carboxylic acids is 1. The Labute approximate surface area is 191 Å². The van der Waals surface area contributed by atoms with E-state index in [0.717, 1.165) is 52.7 Å². The molecule has 1 aliphatic rings. The number of hydrogen-bond acceptors (Lipinski definition) is 5. The van der Waals surface area contributed by atoms with Gasteiger partial charge in [0.15, 0.2) is 0 Å². The molecular weight excluding hydrogens is 418 g/mol. The highest BCUT2D eigenvalue weighted by Gasteiger charge is 2.34. The van der Waals surface area contributed by atoms with Gasteiger partial charge in [0, 0.05) is 41.8 Å². The van der Waals surface area contributed by atoms with Crippen LogP contribution in [-0.4, -0.2) is 49.4 Å². The number of piperidine rings is 1. The van der Waals surface area contributed by atoms with Crippen LogP contribution in [0.1, 0.15) is 52.0 Å². The monoisotopic (exact) mass is 445 g/mol. The minimum atomic E-state index is -0.908. The van der Waals surface area contributed by atoms with E-state index in [1.807, 2.05) is 23.0 Å². The predicted molar refractivity (Wildman–Crippen MR) is 124 cm³/mol. The number of nitrogens with one attached hydrogen (secondary N) is 1. The Morgan fingerprint density at radius 1 is 1.30 bits per heavy atom. The predicted octanol–water partition coefficient (Wildman–Crippen LogP) is 4.35. The number of aromatic nitrogens is 4. The molecule has 4 aromatic rings. The van der Waals surface area contributed by atoms with Gasteiger partial charge in [-0.15, -0.1) is 0 Å². The van der Waals surface area contributed by atoms with E-state index in [-0.39, 0.29) is 12.1 Å². The number of hydrogen-bond donors (Lipinski definition) is 2. The second-order valence-electron chi connectivity index (χ2n) is 8.57. The third-order valence-electron chi connectivity index (χ3n) is 6.74. The van der Waals surface area contributed by atoms with E-state index >= 15 is 0 Å². The van der Waals surface area contributed by atoms with Gasteiger partial charge in [0.2, 0.25) is 0 Å². The summed E-state index contributed by atoms with van der Waals surface area (Å²) in [4.78, 5) is 21.9. The van der Waals surface area contributed by atoms with Crippen molar-refractivity contribution in [3.63, 3.8) is 0 Å². The zero-order valence-electron chi connectivity index (χ0n) is 18.7. The molecule has 1 aliphatic heterocycles. The first kappa shape index (κ1) is 21.2. The number of aromatic carboxylic acids is 1. The van der Waals surface area contributed by atoms with Gasteiger partial charge in [-0.2, -0.15) is 5.10 Å². The first-order valence-corrected chi connectivity index (χ1v) is 11.1. The van der Waals surface area contributed by atoms with E-state index < -0.39 is 5.97 Å². The molecular formula is C25H27N5O3. The Kier molecular flexibility index (Phi) is 5.60. The summed E-state index contributed by atoms with van der Waals surface area (Å²) < 4.78 is 7.66. The Bertz CT molecular complexity index is 1280. The molecule has 170 valence electrons. The topological polar surface area (TPSA) is 96.3 Å². The summed E-state index contributed by atoms with van der Waals surface area (Å²) in [5.74, 6) is -0.0577. The molecule has 2 N–H and O–H groups in total. The Hall–Kier alpha value is -3.65. The molecule has 1 saturated heterocycles. The quantitative estimate of drug-likeness (QED) is 0.458. The number of likely N-dealkylation sites (tertiary alicyclic amines) is 1. The van der Waals surface area contributed by atoms with Crippen LogP contribution in [-0.2, 0) is 6.54 Å². The molecule has 8 nitrogen and oxygen atoms in total. The van der Waals surface area contributed by atoms with Gasteiger partial charge >= 0.3 is 5.97 Å². The van der Waals surface area contributed by atoms with Crippen LogP contribution in [0.25, 0.3) is 10.9 Å². The molecule has 2 aromatic carbocycles. The minimum Gasteiger partial charge on any atom is -0.496 e. The molecule has 2 atom stereocenters. The normalized spacial score (nSPS) is 19.1. The van der Waals surface area contributed by atoms with Crippen LogP contribution in [0, 0.1) is 6.92 Å². The number of aryl methyl sites for hydroxylation is 1. The molecule has 8 heteroatoms. The summed E-state index contributed by atoms with van der Waals surface area (Å²) in [5.41, 5.74) is 4.51. The average molecular weight is 446 g/mol. The number of aromatic amines is 1. The van der Waals surface area contributed by atoms with Gasteiger partial charge in [-0.3, -0.25) is 4.90 Å². The third kappa shape index (κ3) is 3.87. The number of H-pyrrole nitrogens is 1. The second kappa shape index (κ2) is 8.71. The number of methoxy groups -OCH3 is 1. The highest BCUT2D eigenvalue weighted by molar-refractivity contribution is 5.90. The van der Waals surface area contributed by atoms with Crippen molar-refractivity contribution in [3.8, 4) is 5.75 Å². The van der Waals surface area contributed by atoms with E-state index in [1.54, 1.807) is 31.9 Å². The van der Waals surface area contributed by atoms with Gasteiger partial charge in [0.05, 0.1) is 18.7 Å². The minimum absolute atomic E-state index is 0.0831. The van der Waals surface area contributed by atoms with E-state index in [1.165, 1.54) is 0 Å². The number of benzene rings is 2. The number of carboxylic acid groups (broad SMARTS) is 1. The van der Waals surface area contributed by atoms with Crippen molar-refractivity contribution in [2.45, 2.75) is 38.4 Å². The molecule has 1 fully saturated rings. The van der Waals surface area contributed by atoms with Crippen LogP contribution in [0.2, 0.25) is 0 Å². The van der Waals surface area contributed by atoms with Crippen LogP contribution in [0.3, 0.4) is 0 Å². The lowest BCUT2D eigenvalue weighted by Gasteiger charge is -2.40. The summed E-state index contributed by atoms with van der Waals surface area (Å²) in [5, 5.41) is 15.4. The molecule has 3 heterocycles. The lowest BCUT2D eigenvalue weighted by atomic mass is 9.88. The maximum atomic E-state index is 12.0. The van der Waals surface area contributed by atoms with Crippen molar-refractivity contribution >= 4 is 16.9 Å².